The third-order valence-electron chi connectivity index (χ3n) is 2.41. The van der Waals surface area contributed by atoms with Gasteiger partial charge in [-0.15, -0.1) is 12.3 Å². The van der Waals surface area contributed by atoms with Crippen molar-refractivity contribution in [1.82, 2.24) is 5.32 Å². The van der Waals surface area contributed by atoms with Gasteiger partial charge in [0.05, 0.1) is 0 Å². The minimum absolute atomic E-state index is 0.320. The lowest BCUT2D eigenvalue weighted by Gasteiger charge is -2.18. The van der Waals surface area contributed by atoms with E-state index in [1.54, 1.807) is 0 Å². The molecule has 0 rings (SSSR count). The summed E-state index contributed by atoms with van der Waals surface area (Å²) in [6.45, 7) is 2.95. The molecular weight excluding hydrogens is 224 g/mol. The Morgan fingerprint density at radius 1 is 1.35 bits per heavy atom. The highest BCUT2D eigenvalue weighted by Crippen LogP contribution is 2.05. The van der Waals surface area contributed by atoms with E-state index in [0.29, 0.717) is 12.6 Å². The summed E-state index contributed by atoms with van der Waals surface area (Å²) in [6, 6.07) is 0.320. The predicted octanol–water partition coefficient (Wildman–Crippen LogP) is 2.83. The molecule has 0 aromatic carbocycles. The van der Waals surface area contributed by atoms with Crippen molar-refractivity contribution in [1.29, 1.82) is 0 Å². The molecule has 2 nitrogen and oxygen atoms in total. The molecule has 0 aliphatic carbocycles. The maximum atomic E-state index is 11.8. The van der Waals surface area contributed by atoms with Crippen molar-refractivity contribution < 1.29 is 13.5 Å². The average Bonchev–Trinajstić information content (AvgIpc) is 2.30. The smallest absolute Gasteiger partial charge is 0.261 e. The van der Waals surface area contributed by atoms with Crippen molar-refractivity contribution in [2.45, 2.75) is 51.5 Å². The predicted molar refractivity (Wildman–Crippen MR) is 66.2 cm³/mol. The highest BCUT2D eigenvalue weighted by atomic mass is 19.3. The largest absolute Gasteiger partial charge is 0.375 e. The van der Waals surface area contributed by atoms with Crippen LogP contribution >= 0.6 is 0 Å². The fourth-order valence-electron chi connectivity index (χ4n) is 1.55. The Bertz CT molecular complexity index is 204. The monoisotopic (exact) mass is 247 g/mol. The summed E-state index contributed by atoms with van der Waals surface area (Å²) in [6.07, 6.45) is 7.34. The highest BCUT2D eigenvalue weighted by Gasteiger charge is 2.08. The summed E-state index contributed by atoms with van der Waals surface area (Å²) in [5.41, 5.74) is 0. The second-order valence-corrected chi connectivity index (χ2v) is 4.00. The number of hydrogen-bond donors (Lipinski definition) is 1. The first-order valence-corrected chi connectivity index (χ1v) is 6.23. The van der Waals surface area contributed by atoms with Gasteiger partial charge in [-0.25, -0.2) is 8.78 Å². The van der Waals surface area contributed by atoms with Crippen LogP contribution in [0.2, 0.25) is 0 Å². The summed E-state index contributed by atoms with van der Waals surface area (Å²) >= 11 is 0. The van der Waals surface area contributed by atoms with Gasteiger partial charge in [0.1, 0.15) is 6.61 Å². The zero-order valence-corrected chi connectivity index (χ0v) is 10.6. The van der Waals surface area contributed by atoms with E-state index in [2.05, 4.69) is 18.2 Å². The number of hydrogen-bond acceptors (Lipinski definition) is 2. The van der Waals surface area contributed by atoms with Crippen LogP contribution in [0, 0.1) is 12.3 Å². The SMILES string of the molecule is C#CCCCC(CCOCC(F)F)NCCC. The molecule has 1 unspecified atom stereocenters. The van der Waals surface area contributed by atoms with Crippen LogP contribution in [0.1, 0.15) is 39.0 Å². The lowest BCUT2D eigenvalue weighted by atomic mass is 10.1. The number of terminal acetylenes is 1. The Morgan fingerprint density at radius 3 is 2.71 bits per heavy atom. The maximum absolute atomic E-state index is 11.8. The van der Waals surface area contributed by atoms with Crippen LogP contribution in [0.5, 0.6) is 0 Å². The van der Waals surface area contributed by atoms with Gasteiger partial charge < -0.3 is 10.1 Å². The third kappa shape index (κ3) is 11.6. The van der Waals surface area contributed by atoms with Crippen molar-refractivity contribution in [2.75, 3.05) is 19.8 Å². The fourth-order valence-corrected chi connectivity index (χ4v) is 1.55. The van der Waals surface area contributed by atoms with Crippen molar-refractivity contribution in [3.8, 4) is 12.3 Å². The number of ether oxygens (including phenoxy) is 1. The van der Waals surface area contributed by atoms with E-state index in [1.807, 2.05) is 0 Å². The van der Waals surface area contributed by atoms with Crippen LogP contribution in [0.4, 0.5) is 8.78 Å². The first kappa shape index (κ1) is 16.3. The van der Waals surface area contributed by atoms with Crippen molar-refractivity contribution in [3.05, 3.63) is 0 Å². The number of halogens is 2. The molecule has 0 saturated heterocycles. The number of alkyl halides is 2. The molecule has 0 fully saturated rings. The van der Waals surface area contributed by atoms with Gasteiger partial charge in [-0.2, -0.15) is 0 Å². The van der Waals surface area contributed by atoms with Gasteiger partial charge in [0.15, 0.2) is 0 Å². The van der Waals surface area contributed by atoms with E-state index in [-0.39, 0.29) is 0 Å². The van der Waals surface area contributed by atoms with Crippen LogP contribution < -0.4 is 5.32 Å². The molecule has 1 atom stereocenters. The Hall–Kier alpha value is -0.660. The molecule has 0 heterocycles. The van der Waals surface area contributed by atoms with Crippen LogP contribution in [-0.2, 0) is 4.74 Å². The number of rotatable bonds is 11. The Morgan fingerprint density at radius 2 is 2.12 bits per heavy atom. The van der Waals surface area contributed by atoms with Gasteiger partial charge >= 0.3 is 0 Å². The zero-order chi connectivity index (χ0) is 12.9. The molecule has 4 heteroatoms. The number of nitrogens with one attached hydrogen (secondary N) is 1. The van der Waals surface area contributed by atoms with Crippen LogP contribution in [-0.4, -0.2) is 32.2 Å². The van der Waals surface area contributed by atoms with Gasteiger partial charge in [0, 0.05) is 19.1 Å². The summed E-state index contributed by atoms with van der Waals surface area (Å²) in [4.78, 5) is 0. The van der Waals surface area contributed by atoms with E-state index in [1.165, 1.54) is 0 Å². The maximum Gasteiger partial charge on any atom is 0.261 e. The van der Waals surface area contributed by atoms with Gasteiger partial charge in [-0.1, -0.05) is 6.92 Å². The van der Waals surface area contributed by atoms with E-state index in [4.69, 9.17) is 11.2 Å². The molecule has 17 heavy (non-hydrogen) atoms. The van der Waals surface area contributed by atoms with E-state index in [9.17, 15) is 8.78 Å². The summed E-state index contributed by atoms with van der Waals surface area (Å²) in [5, 5.41) is 3.38. The van der Waals surface area contributed by atoms with E-state index < -0.39 is 13.0 Å². The van der Waals surface area contributed by atoms with Crippen molar-refractivity contribution >= 4 is 0 Å². The summed E-state index contributed by atoms with van der Waals surface area (Å²) < 4.78 is 28.6. The lowest BCUT2D eigenvalue weighted by molar-refractivity contribution is 0.0142. The Balaban J connectivity index is 3.65. The van der Waals surface area contributed by atoms with Gasteiger partial charge in [0.25, 0.3) is 6.43 Å². The molecule has 0 aromatic heterocycles. The van der Waals surface area contributed by atoms with E-state index in [0.717, 1.165) is 38.6 Å². The van der Waals surface area contributed by atoms with Gasteiger partial charge in [-0.05, 0) is 32.2 Å². The third-order valence-corrected chi connectivity index (χ3v) is 2.41. The van der Waals surface area contributed by atoms with Crippen molar-refractivity contribution in [3.63, 3.8) is 0 Å². The average molecular weight is 247 g/mol. The second-order valence-electron chi connectivity index (χ2n) is 4.00. The molecule has 0 aromatic rings. The quantitative estimate of drug-likeness (QED) is 0.448. The van der Waals surface area contributed by atoms with Crippen LogP contribution in [0.15, 0.2) is 0 Å². The zero-order valence-electron chi connectivity index (χ0n) is 10.6. The van der Waals surface area contributed by atoms with Crippen molar-refractivity contribution in [2.24, 2.45) is 0 Å². The molecule has 0 saturated carbocycles. The highest BCUT2D eigenvalue weighted by molar-refractivity contribution is 4.83. The molecule has 0 radical (unpaired) electrons. The van der Waals surface area contributed by atoms with Gasteiger partial charge in [-0.3, -0.25) is 0 Å². The Kier molecular flexibility index (Phi) is 11.4. The molecule has 0 spiro atoms. The first-order valence-electron chi connectivity index (χ1n) is 6.23. The van der Waals surface area contributed by atoms with Gasteiger partial charge in [0.2, 0.25) is 0 Å². The normalized spacial score (nSPS) is 12.6. The number of unbranched alkanes of at least 4 members (excludes halogenated alkanes) is 1. The molecular formula is C13H23F2NO. The second kappa shape index (κ2) is 11.8. The molecule has 0 aliphatic rings. The summed E-state index contributed by atoms with van der Waals surface area (Å²) in [5.74, 6) is 2.60. The standard InChI is InChI=1S/C13H23F2NO/c1-3-5-6-7-12(16-9-4-2)8-10-17-11-13(14)15/h1,12-13,16H,4-11H2,2H3. The lowest BCUT2D eigenvalue weighted by Crippen LogP contribution is -2.31. The molecule has 1 N–H and O–H groups in total. The minimum Gasteiger partial charge on any atom is -0.375 e. The van der Waals surface area contributed by atoms with E-state index >= 15 is 0 Å². The molecule has 0 aliphatic heterocycles. The molecule has 100 valence electrons. The summed E-state index contributed by atoms with van der Waals surface area (Å²) in [7, 11) is 0. The molecule has 0 bridgehead atoms. The minimum atomic E-state index is -2.38. The van der Waals surface area contributed by atoms with Crippen LogP contribution in [0.25, 0.3) is 0 Å². The fraction of sp³-hybridized carbons (Fsp3) is 0.846. The Labute approximate surface area is 103 Å². The van der Waals surface area contributed by atoms with Crippen LogP contribution in [0.3, 0.4) is 0 Å². The first-order chi connectivity index (χ1) is 8.20. The molecule has 0 amide bonds. The topological polar surface area (TPSA) is 21.3 Å².